The number of carbonyl (C=O) groups excluding carboxylic acids is 8. The van der Waals surface area contributed by atoms with Crippen LogP contribution in [0.1, 0.15) is 62.0 Å². The maximum Gasteiger partial charge on any atom is 0.407 e. The predicted molar refractivity (Wildman–Crippen MR) is 236 cm³/mol. The lowest BCUT2D eigenvalue weighted by Crippen LogP contribution is -2.69. The molecule has 376 valence electrons. The second kappa shape index (κ2) is 24.1. The number of carbonyl (C=O) groups is 8. The van der Waals surface area contributed by atoms with E-state index in [4.69, 9.17) is 47.4 Å². The van der Waals surface area contributed by atoms with E-state index in [1.807, 2.05) is 48.5 Å². The monoisotopic (exact) mass is 978 g/mol. The molecule has 0 saturated carbocycles. The van der Waals surface area contributed by atoms with Gasteiger partial charge in [-0.1, -0.05) is 78.9 Å². The third-order valence-electron chi connectivity index (χ3n) is 11.3. The van der Waals surface area contributed by atoms with Gasteiger partial charge in [-0.05, 0) is 22.3 Å². The number of hydrogen-bond donors (Lipinski definition) is 4. The minimum atomic E-state index is -1.89. The first-order valence-electron chi connectivity index (χ1n) is 22.1. The molecule has 0 aromatic heterocycles. The molecule has 2 heterocycles. The molecular weight excluding hydrogens is 925 g/mol. The van der Waals surface area contributed by atoms with Crippen LogP contribution in [0.25, 0.3) is 11.1 Å². The Bertz CT molecular complexity index is 2330. The molecule has 2 fully saturated rings. The fraction of sp³-hybridized carbons (Fsp3) is 0.458. The molecule has 22 heteroatoms. The number of Topliss-reactive ketones (excluding diaryl/α,β-unsaturated/α-hetero) is 1. The number of esters is 5. The van der Waals surface area contributed by atoms with E-state index in [1.54, 1.807) is 18.2 Å². The number of nitrogens with one attached hydrogen (secondary N) is 2. The van der Waals surface area contributed by atoms with Crippen LogP contribution in [-0.4, -0.2) is 158 Å². The molecule has 3 aromatic carbocycles. The second-order valence-electron chi connectivity index (χ2n) is 16.4. The van der Waals surface area contributed by atoms with Gasteiger partial charge in [0.25, 0.3) is 0 Å². The van der Waals surface area contributed by atoms with E-state index < -0.39 is 141 Å². The van der Waals surface area contributed by atoms with Crippen molar-refractivity contribution in [2.24, 2.45) is 0 Å². The molecule has 2 amide bonds. The fourth-order valence-electron chi connectivity index (χ4n) is 8.30. The number of benzene rings is 3. The molecular formula is C48H54N2O20. The minimum absolute atomic E-state index is 0.153. The third kappa shape index (κ3) is 13.3. The largest absolute Gasteiger partial charge is 0.463 e. The van der Waals surface area contributed by atoms with E-state index in [1.165, 1.54) is 12.1 Å². The Balaban J connectivity index is 1.27. The van der Waals surface area contributed by atoms with Gasteiger partial charge < -0.3 is 68.2 Å². The summed E-state index contributed by atoms with van der Waals surface area (Å²) >= 11 is 0. The molecule has 22 nitrogen and oxygen atoms in total. The van der Waals surface area contributed by atoms with Gasteiger partial charge in [-0.25, -0.2) is 9.59 Å². The second-order valence-corrected chi connectivity index (χ2v) is 16.4. The Morgan fingerprint density at radius 2 is 1.20 bits per heavy atom. The van der Waals surface area contributed by atoms with Gasteiger partial charge in [0.15, 0.2) is 49.3 Å². The van der Waals surface area contributed by atoms with Crippen LogP contribution in [0.2, 0.25) is 0 Å². The summed E-state index contributed by atoms with van der Waals surface area (Å²) in [7, 11) is 0. The van der Waals surface area contributed by atoms with Gasteiger partial charge in [0.05, 0.1) is 13.2 Å². The molecule has 11 atom stereocenters. The number of aliphatic hydroxyl groups excluding tert-OH is 2. The quantitative estimate of drug-likeness (QED) is 0.0750. The first kappa shape index (κ1) is 52.5. The van der Waals surface area contributed by atoms with E-state index in [2.05, 4.69) is 10.6 Å². The zero-order valence-corrected chi connectivity index (χ0v) is 38.7. The highest BCUT2D eigenvalue weighted by molar-refractivity contribution is 5.98. The molecule has 6 rings (SSSR count). The lowest BCUT2D eigenvalue weighted by atomic mass is 9.95. The van der Waals surface area contributed by atoms with Crippen LogP contribution in [0.15, 0.2) is 78.9 Å². The van der Waals surface area contributed by atoms with Crippen molar-refractivity contribution < 1.29 is 95.9 Å². The Morgan fingerprint density at radius 1 is 0.629 bits per heavy atom. The molecule has 3 aromatic rings. The van der Waals surface area contributed by atoms with Crippen molar-refractivity contribution in [3.8, 4) is 11.1 Å². The zero-order valence-electron chi connectivity index (χ0n) is 38.7. The highest BCUT2D eigenvalue weighted by atomic mass is 16.8. The Labute approximate surface area is 401 Å². The number of ketones is 1. The van der Waals surface area contributed by atoms with Gasteiger partial charge in [-0.3, -0.25) is 28.8 Å². The fourth-order valence-corrected chi connectivity index (χ4v) is 8.30. The van der Waals surface area contributed by atoms with Crippen LogP contribution in [0.3, 0.4) is 0 Å². The van der Waals surface area contributed by atoms with Gasteiger partial charge in [-0.2, -0.15) is 0 Å². The minimum Gasteiger partial charge on any atom is -0.463 e. The molecule has 1 aliphatic carbocycles. The van der Waals surface area contributed by atoms with Gasteiger partial charge >= 0.3 is 35.9 Å². The highest BCUT2D eigenvalue weighted by Gasteiger charge is 2.56. The number of hydrogen-bond acceptors (Lipinski definition) is 20. The van der Waals surface area contributed by atoms with Crippen molar-refractivity contribution in [1.82, 2.24) is 10.6 Å². The van der Waals surface area contributed by atoms with Crippen molar-refractivity contribution in [3.63, 3.8) is 0 Å². The predicted octanol–water partition coefficient (Wildman–Crippen LogP) is 1.39. The van der Waals surface area contributed by atoms with Crippen LogP contribution in [0, 0.1) is 0 Å². The smallest absolute Gasteiger partial charge is 0.407 e. The number of rotatable bonds is 19. The van der Waals surface area contributed by atoms with Crippen LogP contribution < -0.4 is 10.6 Å². The maximum absolute atomic E-state index is 13.8. The number of aliphatic hydroxyl groups is 2. The summed E-state index contributed by atoms with van der Waals surface area (Å²) in [6.07, 6.45) is -16.4. The summed E-state index contributed by atoms with van der Waals surface area (Å²) in [5.74, 6) is -6.43. The molecule has 2 saturated heterocycles. The average molecular weight is 979 g/mol. The van der Waals surface area contributed by atoms with Gasteiger partial charge in [0.1, 0.15) is 43.7 Å². The van der Waals surface area contributed by atoms with E-state index in [-0.39, 0.29) is 18.1 Å². The summed E-state index contributed by atoms with van der Waals surface area (Å²) in [5, 5.41) is 27.0. The van der Waals surface area contributed by atoms with Crippen molar-refractivity contribution in [1.29, 1.82) is 0 Å². The molecule has 0 spiro atoms. The van der Waals surface area contributed by atoms with Gasteiger partial charge in [0, 0.05) is 46.1 Å². The molecule has 0 radical (unpaired) electrons. The number of alkyl carbamates (subject to hydrolysis) is 1. The van der Waals surface area contributed by atoms with Crippen molar-refractivity contribution in [2.75, 3.05) is 33.0 Å². The molecule has 2 aliphatic heterocycles. The summed E-state index contributed by atoms with van der Waals surface area (Å²) in [5.41, 5.74) is 3.99. The molecule has 0 unspecified atom stereocenters. The Morgan fingerprint density at radius 3 is 1.79 bits per heavy atom. The molecule has 4 N–H and O–H groups in total. The standard InChI is InChI=1S/C48H54N2O20/c1-24(52)49-39-42(70-47-44(67-28(5)56)43(66-27(4)55)41(65-26(3)54)38(69-47)23-61-25(2)53)40(58)37(19-51)68-46(39)63-21-35(45(59)62-22-36(57)29-13-7-6-8-14-29)50-48(60)64-20-34-32-17-11-9-15-30(32)31-16-10-12-18-33(31)34/h6-18,34-35,37-44,46-47,51,58H,19-23H2,1-5H3,(H,49,52)(H,50,60)/t35-,37+,38+,39+,40-,41-,42+,43-,44+,46-,47-/m0/s1. The SMILES string of the molecule is CC(=O)N[C@H]1[C@@H](OC[C@H](NC(=O)OCC2c3ccccc3-c3ccccc32)C(=O)OCC(=O)c2ccccc2)O[C@H](CO)[C@H](O)[C@@H]1O[C@@H]1O[C@H](COC(C)=O)[C@H](OC(C)=O)[C@H](OC(C)=O)[C@H]1OC(C)=O. The summed E-state index contributed by atoms with van der Waals surface area (Å²) in [6.45, 7) is 1.97. The van der Waals surface area contributed by atoms with Crippen LogP contribution in [0.4, 0.5) is 4.79 Å². The van der Waals surface area contributed by atoms with Crippen molar-refractivity contribution >= 4 is 47.6 Å². The Kier molecular flexibility index (Phi) is 18.1. The lowest BCUT2D eigenvalue weighted by Gasteiger charge is -2.48. The highest BCUT2D eigenvalue weighted by Crippen LogP contribution is 2.44. The van der Waals surface area contributed by atoms with Crippen molar-refractivity contribution in [2.45, 2.75) is 108 Å². The summed E-state index contributed by atoms with van der Waals surface area (Å²) in [4.78, 5) is 102. The van der Waals surface area contributed by atoms with Crippen LogP contribution in [-0.2, 0) is 76.1 Å². The number of ether oxygens (including phenoxy) is 10. The van der Waals surface area contributed by atoms with Crippen LogP contribution >= 0.6 is 0 Å². The Hall–Kier alpha value is -6.82. The maximum atomic E-state index is 13.8. The zero-order chi connectivity index (χ0) is 50.6. The normalized spacial score (nSPS) is 25.1. The van der Waals surface area contributed by atoms with Crippen LogP contribution in [0.5, 0.6) is 0 Å². The molecule has 70 heavy (non-hydrogen) atoms. The van der Waals surface area contributed by atoms with E-state index in [0.717, 1.165) is 56.9 Å². The number of fused-ring (bicyclic) bond motifs is 3. The first-order chi connectivity index (χ1) is 33.4. The lowest BCUT2D eigenvalue weighted by molar-refractivity contribution is -0.346. The molecule has 3 aliphatic rings. The van der Waals surface area contributed by atoms with E-state index >= 15 is 0 Å². The summed E-state index contributed by atoms with van der Waals surface area (Å²) < 4.78 is 56.8. The third-order valence-corrected chi connectivity index (χ3v) is 11.3. The van der Waals surface area contributed by atoms with Crippen molar-refractivity contribution in [3.05, 3.63) is 95.6 Å². The van der Waals surface area contributed by atoms with E-state index in [0.29, 0.717) is 0 Å². The first-order valence-corrected chi connectivity index (χ1v) is 22.1. The molecule has 0 bridgehead atoms. The summed E-state index contributed by atoms with van der Waals surface area (Å²) in [6, 6.07) is 19.9. The van der Waals surface area contributed by atoms with Gasteiger partial charge in [0.2, 0.25) is 5.91 Å². The topological polar surface area (TPSA) is 293 Å². The van der Waals surface area contributed by atoms with E-state index in [9.17, 15) is 48.6 Å². The van der Waals surface area contributed by atoms with Gasteiger partial charge in [-0.15, -0.1) is 0 Å². The average Bonchev–Trinajstić information content (AvgIpc) is 3.64. The number of amides is 2.